The minimum absolute atomic E-state index is 0.0783. The second-order valence-corrected chi connectivity index (χ2v) is 9.12. The number of aliphatic hydroxyl groups is 1. The van der Waals surface area contributed by atoms with Gasteiger partial charge in [-0.3, -0.25) is 4.79 Å². The molecule has 0 aliphatic carbocycles. The lowest BCUT2D eigenvalue weighted by Crippen LogP contribution is -2.51. The number of carbonyl (C=O) groups is 2. The van der Waals surface area contributed by atoms with Gasteiger partial charge in [-0.2, -0.15) is 0 Å². The summed E-state index contributed by atoms with van der Waals surface area (Å²) in [5, 5.41) is 23.3. The number of ether oxygens (including phenoxy) is 2. The van der Waals surface area contributed by atoms with Gasteiger partial charge in [-0.15, -0.1) is 0 Å². The number of benzene rings is 2. The van der Waals surface area contributed by atoms with Crippen LogP contribution in [0.4, 0.5) is 14.9 Å². The summed E-state index contributed by atoms with van der Waals surface area (Å²) in [5.74, 6) is 5.64. The lowest BCUT2D eigenvalue weighted by molar-refractivity contribution is -0.120. The molecule has 4 N–H and O–H groups in total. The van der Waals surface area contributed by atoms with Gasteiger partial charge >= 0.3 is 6.03 Å². The van der Waals surface area contributed by atoms with E-state index in [-0.39, 0.29) is 18.3 Å². The van der Waals surface area contributed by atoms with Gasteiger partial charge < -0.3 is 35.5 Å². The molecule has 3 amide bonds. The Morgan fingerprint density at radius 2 is 2.00 bits per heavy atom. The topological polar surface area (TPSA) is 124 Å². The van der Waals surface area contributed by atoms with Crippen molar-refractivity contribution in [2.75, 3.05) is 31.8 Å². The van der Waals surface area contributed by atoms with Crippen LogP contribution < -0.4 is 20.3 Å². The monoisotopic (exact) mass is 520 g/mol. The molecule has 1 saturated heterocycles. The average molecular weight is 521 g/mol. The highest BCUT2D eigenvalue weighted by molar-refractivity contribution is 6.00. The lowest BCUT2D eigenvalue weighted by Gasteiger charge is -2.26. The number of allylic oxidation sites excluding steroid dienone is 1. The summed E-state index contributed by atoms with van der Waals surface area (Å²) >= 11 is 0. The third-order valence-corrected chi connectivity index (χ3v) is 6.31. The van der Waals surface area contributed by atoms with Gasteiger partial charge in [0, 0.05) is 44.3 Å². The highest BCUT2D eigenvalue weighted by atomic mass is 19.1. The maximum Gasteiger partial charge on any atom is 0.319 e. The highest BCUT2D eigenvalue weighted by Gasteiger charge is 2.31. The van der Waals surface area contributed by atoms with E-state index in [1.807, 2.05) is 0 Å². The van der Waals surface area contributed by atoms with Crippen molar-refractivity contribution in [1.82, 2.24) is 10.6 Å². The molecule has 1 fully saturated rings. The van der Waals surface area contributed by atoms with Crippen molar-refractivity contribution in [3.05, 3.63) is 71.2 Å². The van der Waals surface area contributed by atoms with E-state index in [4.69, 9.17) is 14.9 Å². The normalized spacial score (nSPS) is 18.7. The van der Waals surface area contributed by atoms with E-state index >= 15 is 0 Å². The predicted molar refractivity (Wildman–Crippen MR) is 140 cm³/mol. The molecule has 0 spiro atoms. The fourth-order valence-electron chi connectivity index (χ4n) is 4.04. The Kier molecular flexibility index (Phi) is 8.41. The van der Waals surface area contributed by atoms with Crippen LogP contribution in [-0.4, -0.2) is 61.8 Å². The van der Waals surface area contributed by atoms with Gasteiger partial charge in [-0.25, -0.2) is 9.18 Å². The van der Waals surface area contributed by atoms with Crippen LogP contribution in [0, 0.1) is 23.1 Å². The second-order valence-electron chi connectivity index (χ2n) is 9.12. The maximum atomic E-state index is 13.1. The Labute approximate surface area is 220 Å². The second kappa shape index (κ2) is 11.9. The molecule has 198 valence electrons. The third kappa shape index (κ3) is 6.76. The molecule has 2 aromatic rings. The molecule has 4 rings (SSSR count). The molecule has 2 aliphatic heterocycles. The van der Waals surface area contributed by atoms with Crippen LogP contribution >= 0.6 is 0 Å². The first-order valence-electron chi connectivity index (χ1n) is 12.1. The molecule has 0 radical (unpaired) electrons. The highest BCUT2D eigenvalue weighted by Crippen LogP contribution is 2.31. The van der Waals surface area contributed by atoms with Crippen LogP contribution in [0.5, 0.6) is 5.75 Å². The Hall–Kier alpha value is -4.20. The van der Waals surface area contributed by atoms with Crippen LogP contribution in [0.3, 0.4) is 0 Å². The van der Waals surface area contributed by atoms with Crippen molar-refractivity contribution in [2.24, 2.45) is 0 Å². The van der Waals surface area contributed by atoms with E-state index < -0.39 is 17.7 Å². The SMILES string of the molecule is CN1C(=O)[C@@H](NC(=O)N/C=C(\C=N)Cc2ccc(F)cc2)COc2ccc(C#CC3(O)CCOCC3)cc21. The smallest absolute Gasteiger partial charge is 0.319 e. The summed E-state index contributed by atoms with van der Waals surface area (Å²) < 4.78 is 24.2. The van der Waals surface area contributed by atoms with Gasteiger partial charge in [0.15, 0.2) is 0 Å². The third-order valence-electron chi connectivity index (χ3n) is 6.31. The Morgan fingerprint density at radius 1 is 1.26 bits per heavy atom. The molecule has 2 aromatic carbocycles. The first-order chi connectivity index (χ1) is 18.3. The minimum Gasteiger partial charge on any atom is -0.489 e. The summed E-state index contributed by atoms with van der Waals surface area (Å²) in [7, 11) is 1.58. The fourth-order valence-corrected chi connectivity index (χ4v) is 4.04. The van der Waals surface area contributed by atoms with Crippen molar-refractivity contribution in [3.8, 4) is 17.6 Å². The molecule has 10 heteroatoms. The number of urea groups is 1. The Morgan fingerprint density at radius 3 is 2.71 bits per heavy atom. The molecule has 38 heavy (non-hydrogen) atoms. The van der Waals surface area contributed by atoms with Gasteiger partial charge in [-0.1, -0.05) is 24.0 Å². The van der Waals surface area contributed by atoms with Crippen molar-refractivity contribution in [1.29, 1.82) is 5.41 Å². The average Bonchev–Trinajstić information content (AvgIpc) is 3.03. The molecular formula is C28H29FN4O5. The number of likely N-dealkylation sites (N-methyl/N-ethyl adjacent to an activating group) is 1. The van der Waals surface area contributed by atoms with Crippen molar-refractivity contribution >= 4 is 23.8 Å². The van der Waals surface area contributed by atoms with Crippen LogP contribution in [0.15, 0.2) is 54.2 Å². The number of anilines is 1. The Balaban J connectivity index is 1.39. The van der Waals surface area contributed by atoms with E-state index in [9.17, 15) is 19.1 Å². The van der Waals surface area contributed by atoms with Crippen LogP contribution in [-0.2, 0) is 16.0 Å². The zero-order valence-electron chi connectivity index (χ0n) is 20.9. The summed E-state index contributed by atoms with van der Waals surface area (Å²) in [6, 6.07) is 9.42. The van der Waals surface area contributed by atoms with Crippen LogP contribution in [0.2, 0.25) is 0 Å². The van der Waals surface area contributed by atoms with Gasteiger partial charge in [0.25, 0.3) is 5.91 Å². The Bertz CT molecular complexity index is 1290. The molecule has 9 nitrogen and oxygen atoms in total. The molecule has 1 atom stereocenters. The molecule has 0 bridgehead atoms. The molecule has 0 unspecified atom stereocenters. The number of carbonyl (C=O) groups excluding carboxylic acids is 2. The molecule has 0 aromatic heterocycles. The molecule has 2 aliphatic rings. The van der Waals surface area contributed by atoms with Gasteiger partial charge in [-0.05, 0) is 41.5 Å². The molecule has 2 heterocycles. The number of hydrogen-bond donors (Lipinski definition) is 4. The first-order valence-corrected chi connectivity index (χ1v) is 12.1. The standard InChI is InChI=1S/C28H29FN4O5/c1-33-24-15-20(8-9-28(36)10-12-37-13-11-28)4-7-25(24)38-18-23(26(33)34)32-27(35)31-17-21(16-30)14-19-2-5-22(29)6-3-19/h2-7,15-17,23,30,36H,10-14,18H2,1H3,(H2,31,32,35)/b21-17-,30-16?/t23-/m0/s1. The van der Waals surface area contributed by atoms with Crippen molar-refractivity contribution < 1.29 is 28.6 Å². The number of fused-ring (bicyclic) bond motifs is 1. The number of nitrogens with one attached hydrogen (secondary N) is 3. The fraction of sp³-hybridized carbons (Fsp3) is 0.321. The van der Waals surface area contributed by atoms with Crippen molar-refractivity contribution in [3.63, 3.8) is 0 Å². The van der Waals surface area contributed by atoms with Crippen molar-refractivity contribution in [2.45, 2.75) is 30.9 Å². The number of hydrogen-bond acceptors (Lipinski definition) is 6. The minimum atomic E-state index is -1.10. The van der Waals surface area contributed by atoms with Gasteiger partial charge in [0.05, 0.1) is 18.9 Å². The number of halogens is 1. The zero-order chi connectivity index (χ0) is 27.1. The lowest BCUT2D eigenvalue weighted by atomic mass is 9.95. The summed E-state index contributed by atoms with van der Waals surface area (Å²) in [5.41, 5.74) is 1.27. The first kappa shape index (κ1) is 26.9. The van der Waals surface area contributed by atoms with E-state index in [2.05, 4.69) is 22.5 Å². The molecule has 0 saturated carbocycles. The quantitative estimate of drug-likeness (QED) is 0.356. The van der Waals surface area contributed by atoms with Gasteiger partial charge in [0.1, 0.15) is 29.8 Å². The number of amides is 3. The zero-order valence-corrected chi connectivity index (χ0v) is 20.9. The summed E-state index contributed by atoms with van der Waals surface area (Å²) in [4.78, 5) is 27.0. The van der Waals surface area contributed by atoms with Gasteiger partial charge in [0.2, 0.25) is 0 Å². The van der Waals surface area contributed by atoms with E-state index in [1.165, 1.54) is 23.2 Å². The summed E-state index contributed by atoms with van der Waals surface area (Å²) in [6.45, 7) is 0.829. The summed E-state index contributed by atoms with van der Waals surface area (Å²) in [6.07, 6.45) is 3.65. The maximum absolute atomic E-state index is 13.1. The van der Waals surface area contributed by atoms with E-state index in [1.54, 1.807) is 37.4 Å². The van der Waals surface area contributed by atoms with Crippen LogP contribution in [0.25, 0.3) is 0 Å². The van der Waals surface area contributed by atoms with E-state index in [0.29, 0.717) is 55.0 Å². The van der Waals surface area contributed by atoms with E-state index in [0.717, 1.165) is 11.8 Å². The molecular weight excluding hydrogens is 491 g/mol. The largest absolute Gasteiger partial charge is 0.489 e. The van der Waals surface area contributed by atoms with Crippen LogP contribution in [0.1, 0.15) is 24.0 Å². The number of nitrogens with zero attached hydrogens (tertiary/aromatic N) is 1. The number of rotatable bonds is 5. The predicted octanol–water partition coefficient (Wildman–Crippen LogP) is 2.52.